The van der Waals surface area contributed by atoms with Crippen molar-refractivity contribution in [1.29, 1.82) is 0 Å². The van der Waals surface area contributed by atoms with Gasteiger partial charge in [-0.25, -0.2) is 0 Å². The molecule has 0 unspecified atom stereocenters. The van der Waals surface area contributed by atoms with Crippen LogP contribution in [0.25, 0.3) is 0 Å². The molecule has 5 rings (SSSR count). The summed E-state index contributed by atoms with van der Waals surface area (Å²) in [4.78, 5) is 5.22. The third kappa shape index (κ3) is 5.19. The van der Waals surface area contributed by atoms with Crippen molar-refractivity contribution in [3.05, 3.63) is 52.0 Å². The number of hydrogen-bond donors (Lipinski definition) is 0. The van der Waals surface area contributed by atoms with Crippen LogP contribution < -0.4 is 14.4 Å². The second kappa shape index (κ2) is 10.4. The van der Waals surface area contributed by atoms with E-state index < -0.39 is 5.79 Å². The molecule has 3 aliphatic heterocycles. The Bertz CT molecular complexity index is 1090. The number of hydrogen-bond acceptors (Lipinski definition) is 6. The van der Waals surface area contributed by atoms with Gasteiger partial charge in [-0.3, -0.25) is 4.90 Å². The molecule has 0 spiro atoms. The van der Waals surface area contributed by atoms with Gasteiger partial charge in [0.05, 0.1) is 18.7 Å². The summed E-state index contributed by atoms with van der Waals surface area (Å²) in [5.41, 5.74) is 5.19. The number of nitrogens with zero attached hydrogens (tertiary/aromatic N) is 2. The monoisotopic (exact) mass is 514 g/mol. The average Bonchev–Trinajstić information content (AvgIpc) is 3.23. The molecule has 2 aromatic carbocycles. The van der Waals surface area contributed by atoms with Gasteiger partial charge in [0.15, 0.2) is 5.79 Å². The topological polar surface area (TPSA) is 43.4 Å². The number of ether oxygens (including phenoxy) is 4. The minimum Gasteiger partial charge on any atom is -0.495 e. The Morgan fingerprint density at radius 3 is 2.64 bits per heavy atom. The Balaban J connectivity index is 1.27. The van der Waals surface area contributed by atoms with Crippen LogP contribution in [-0.2, 0) is 9.47 Å². The summed E-state index contributed by atoms with van der Waals surface area (Å²) in [6, 6.07) is 11.5. The first-order chi connectivity index (χ1) is 17.3. The van der Waals surface area contributed by atoms with E-state index in [1.807, 2.05) is 19.9 Å². The predicted molar refractivity (Wildman–Crippen MR) is 144 cm³/mol. The minimum atomic E-state index is -0.524. The summed E-state index contributed by atoms with van der Waals surface area (Å²) in [5, 5.41) is 0.656. The number of benzene rings is 2. The molecule has 3 fully saturated rings. The van der Waals surface area contributed by atoms with E-state index in [-0.39, 0.29) is 6.10 Å². The first kappa shape index (κ1) is 25.7. The highest BCUT2D eigenvalue weighted by molar-refractivity contribution is 6.32. The van der Waals surface area contributed by atoms with E-state index in [0.29, 0.717) is 30.3 Å². The maximum Gasteiger partial charge on any atom is 0.163 e. The van der Waals surface area contributed by atoms with Crippen LogP contribution in [0.15, 0.2) is 30.3 Å². The summed E-state index contributed by atoms with van der Waals surface area (Å²) in [6.07, 6.45) is 3.65. The molecule has 196 valence electrons. The number of rotatable bonds is 6. The van der Waals surface area contributed by atoms with E-state index in [0.717, 1.165) is 31.1 Å². The second-order valence-corrected chi connectivity index (χ2v) is 11.2. The molecule has 0 N–H and O–H groups in total. The number of methoxy groups -OCH3 is 1. The molecule has 3 heterocycles. The van der Waals surface area contributed by atoms with E-state index in [2.05, 4.69) is 47.9 Å². The van der Waals surface area contributed by atoms with Gasteiger partial charge in [-0.05, 0) is 81.8 Å². The van der Waals surface area contributed by atoms with Crippen LogP contribution in [0.5, 0.6) is 11.5 Å². The van der Waals surface area contributed by atoms with Crippen molar-refractivity contribution in [3.8, 4) is 11.5 Å². The van der Waals surface area contributed by atoms with Crippen LogP contribution >= 0.6 is 11.6 Å². The third-order valence-electron chi connectivity index (χ3n) is 8.07. The molecule has 6 nitrogen and oxygen atoms in total. The normalized spacial score (nSPS) is 26.1. The minimum absolute atomic E-state index is 0.0320. The van der Waals surface area contributed by atoms with Gasteiger partial charge in [-0.1, -0.05) is 17.7 Å². The van der Waals surface area contributed by atoms with Gasteiger partial charge >= 0.3 is 0 Å². The van der Waals surface area contributed by atoms with Crippen LogP contribution in [0.3, 0.4) is 0 Å². The largest absolute Gasteiger partial charge is 0.495 e. The zero-order valence-corrected chi connectivity index (χ0v) is 22.9. The van der Waals surface area contributed by atoms with E-state index in [4.69, 9.17) is 30.5 Å². The summed E-state index contributed by atoms with van der Waals surface area (Å²) in [6.45, 7) is 12.5. The first-order valence-corrected chi connectivity index (χ1v) is 13.5. The molecule has 0 aliphatic carbocycles. The molecule has 3 saturated heterocycles. The van der Waals surface area contributed by atoms with Crippen molar-refractivity contribution in [2.24, 2.45) is 0 Å². The molecular weight excluding hydrogens is 476 g/mol. The molecule has 36 heavy (non-hydrogen) atoms. The Labute approximate surface area is 220 Å². The summed E-state index contributed by atoms with van der Waals surface area (Å²) >= 11 is 6.26. The van der Waals surface area contributed by atoms with Crippen molar-refractivity contribution in [2.75, 3.05) is 44.9 Å². The van der Waals surface area contributed by atoms with Crippen molar-refractivity contribution < 1.29 is 18.9 Å². The van der Waals surface area contributed by atoms with Gasteiger partial charge in [0.25, 0.3) is 0 Å². The Morgan fingerprint density at radius 2 is 1.89 bits per heavy atom. The fourth-order valence-electron chi connectivity index (χ4n) is 6.03. The van der Waals surface area contributed by atoms with Gasteiger partial charge in [0, 0.05) is 43.5 Å². The average molecular weight is 515 g/mol. The number of piperazine rings is 1. The molecule has 3 atom stereocenters. The zero-order chi connectivity index (χ0) is 25.4. The lowest BCUT2D eigenvalue weighted by Gasteiger charge is -2.49. The van der Waals surface area contributed by atoms with Crippen LogP contribution in [0.2, 0.25) is 5.02 Å². The van der Waals surface area contributed by atoms with Crippen LogP contribution in [-0.4, -0.2) is 62.8 Å². The van der Waals surface area contributed by atoms with Gasteiger partial charge in [-0.15, -0.1) is 0 Å². The molecule has 2 aromatic rings. The first-order valence-electron chi connectivity index (χ1n) is 13.1. The highest BCUT2D eigenvalue weighted by atomic mass is 35.5. The summed E-state index contributed by atoms with van der Waals surface area (Å²) < 4.78 is 23.2. The molecule has 0 aromatic heterocycles. The third-order valence-corrected chi connectivity index (χ3v) is 8.39. The molecule has 3 aliphatic rings. The van der Waals surface area contributed by atoms with E-state index in [1.54, 1.807) is 7.11 Å². The van der Waals surface area contributed by atoms with Crippen molar-refractivity contribution in [3.63, 3.8) is 0 Å². The van der Waals surface area contributed by atoms with Crippen LogP contribution in [0.4, 0.5) is 5.69 Å². The zero-order valence-electron chi connectivity index (χ0n) is 22.2. The predicted octanol–water partition coefficient (Wildman–Crippen LogP) is 5.91. The van der Waals surface area contributed by atoms with Gasteiger partial charge < -0.3 is 23.8 Å². The lowest BCUT2D eigenvalue weighted by atomic mass is 9.86. The molecule has 0 radical (unpaired) electrons. The fourth-order valence-corrected chi connectivity index (χ4v) is 6.22. The fraction of sp³-hybridized carbons (Fsp3) is 0.586. The van der Waals surface area contributed by atoms with E-state index in [9.17, 15) is 0 Å². The summed E-state index contributed by atoms with van der Waals surface area (Å²) in [7, 11) is 1.67. The molecule has 0 saturated carbocycles. The Kier molecular flexibility index (Phi) is 7.42. The number of piperidine rings is 1. The smallest absolute Gasteiger partial charge is 0.163 e. The standard InChI is InChI=1S/C29H39ClN2O4/c1-19-20(2)27(34-17-23-18-35-29(3,4)36-23)12-10-24(19)26-8-6-7-22-16-31(13-14-32(22)26)21-9-11-25(30)28(15-21)33-5/h9-12,15,22-23,26H,6-8,13-14,16-18H2,1-5H3/t22-,23-,26+/m0/s1. The quantitative estimate of drug-likeness (QED) is 0.477. The maximum absolute atomic E-state index is 6.26. The second-order valence-electron chi connectivity index (χ2n) is 10.8. The van der Waals surface area contributed by atoms with Gasteiger partial charge in [0.2, 0.25) is 0 Å². The van der Waals surface area contributed by atoms with E-state index in [1.165, 1.54) is 41.6 Å². The van der Waals surface area contributed by atoms with E-state index >= 15 is 0 Å². The highest BCUT2D eigenvalue weighted by Gasteiger charge is 2.37. The SMILES string of the molecule is COc1cc(N2CCN3[C@@H](CCC[C@@H]3c3ccc(OC[C@H]4COC(C)(C)O4)c(C)c3C)C2)ccc1Cl. The van der Waals surface area contributed by atoms with Crippen molar-refractivity contribution >= 4 is 17.3 Å². The van der Waals surface area contributed by atoms with Crippen LogP contribution in [0, 0.1) is 13.8 Å². The lowest BCUT2D eigenvalue weighted by Crippen LogP contribution is -2.56. The summed E-state index contributed by atoms with van der Waals surface area (Å²) in [5.74, 6) is 1.16. The number of fused-ring (bicyclic) bond motifs is 1. The van der Waals surface area contributed by atoms with Crippen molar-refractivity contribution in [1.82, 2.24) is 4.90 Å². The molecule has 7 heteroatoms. The maximum atomic E-state index is 6.26. The molecule has 0 amide bonds. The number of halogens is 1. The van der Waals surface area contributed by atoms with Gasteiger partial charge in [0.1, 0.15) is 24.2 Å². The Morgan fingerprint density at radius 1 is 1.06 bits per heavy atom. The molecule has 0 bridgehead atoms. The van der Waals surface area contributed by atoms with Crippen LogP contribution in [0.1, 0.15) is 55.8 Å². The van der Waals surface area contributed by atoms with Crippen molar-refractivity contribution in [2.45, 2.75) is 70.9 Å². The number of anilines is 1. The molecular formula is C29H39ClN2O4. The highest BCUT2D eigenvalue weighted by Crippen LogP contribution is 2.40. The lowest BCUT2D eigenvalue weighted by molar-refractivity contribution is -0.141. The Hall–Kier alpha value is -1.99. The van der Waals surface area contributed by atoms with Gasteiger partial charge in [-0.2, -0.15) is 0 Å².